The van der Waals surface area contributed by atoms with E-state index in [1.807, 2.05) is 6.92 Å². The van der Waals surface area contributed by atoms with Gasteiger partial charge in [-0.05, 0) is 19.8 Å². The molecule has 0 atom stereocenters. The van der Waals surface area contributed by atoms with Gasteiger partial charge in [-0.2, -0.15) is 5.10 Å². The summed E-state index contributed by atoms with van der Waals surface area (Å²) in [5, 5.41) is 15.8. The highest BCUT2D eigenvalue weighted by molar-refractivity contribution is 5.92. The van der Waals surface area contributed by atoms with Crippen LogP contribution in [0.3, 0.4) is 0 Å². The maximum absolute atomic E-state index is 13.7. The quantitative estimate of drug-likeness (QED) is 0.770. The number of halogens is 2. The molecule has 1 saturated carbocycles. The Labute approximate surface area is 147 Å². The van der Waals surface area contributed by atoms with Crippen LogP contribution in [0, 0.1) is 6.92 Å². The zero-order valence-electron chi connectivity index (χ0n) is 14.3. The lowest BCUT2D eigenvalue weighted by Gasteiger charge is -2.20. The first-order valence-electron chi connectivity index (χ1n) is 8.78. The Morgan fingerprint density at radius 2 is 2.19 bits per heavy atom. The number of pyridine rings is 1. The molecule has 0 unspecified atom stereocenters. The van der Waals surface area contributed by atoms with Gasteiger partial charge in [-0.1, -0.05) is 10.3 Å². The number of nitrogens with one attached hydrogen (secondary N) is 1. The molecule has 1 N–H and O–H groups in total. The first-order chi connectivity index (χ1) is 12.5. The molecule has 9 heteroatoms. The van der Waals surface area contributed by atoms with Crippen LogP contribution in [-0.2, 0) is 6.42 Å². The van der Waals surface area contributed by atoms with Crippen LogP contribution < -0.4 is 4.90 Å². The topological polar surface area (TPSA) is 83.7 Å². The molecule has 7 nitrogen and oxygen atoms in total. The predicted molar refractivity (Wildman–Crippen MR) is 89.5 cm³/mol. The molecule has 0 spiro atoms. The van der Waals surface area contributed by atoms with Crippen LogP contribution in [0.1, 0.15) is 47.8 Å². The third kappa shape index (κ3) is 2.53. The molecule has 4 heterocycles. The van der Waals surface area contributed by atoms with Gasteiger partial charge in [0.25, 0.3) is 5.92 Å². The van der Waals surface area contributed by atoms with Crippen LogP contribution in [0.2, 0.25) is 0 Å². The Morgan fingerprint density at radius 1 is 1.35 bits per heavy atom. The summed E-state index contributed by atoms with van der Waals surface area (Å²) in [4.78, 5) is 6.52. The standard InChI is InChI=1S/C17H18F2N6O/c1-9-13(24-26-23-9)6-11-14(10-2-3-10)21-16(12-7-20-22-15(11)12)25-5-4-17(18,19)8-25/h7,10H,2-6,8H2,1H3,(H,20,22). The Morgan fingerprint density at radius 3 is 2.85 bits per heavy atom. The summed E-state index contributed by atoms with van der Waals surface area (Å²) >= 11 is 0. The van der Waals surface area contributed by atoms with E-state index in [2.05, 4.69) is 20.5 Å². The summed E-state index contributed by atoms with van der Waals surface area (Å²) in [6.07, 6.45) is 4.18. The number of alkyl halides is 2. The molecule has 2 fully saturated rings. The molecular formula is C17H18F2N6O. The van der Waals surface area contributed by atoms with Crippen molar-refractivity contribution in [3.63, 3.8) is 0 Å². The molecule has 0 aromatic carbocycles. The molecule has 136 valence electrons. The number of nitrogens with zero attached hydrogens (tertiary/aromatic N) is 5. The number of fused-ring (bicyclic) bond motifs is 1. The number of aromatic amines is 1. The van der Waals surface area contributed by atoms with Gasteiger partial charge in [0.05, 0.1) is 29.3 Å². The van der Waals surface area contributed by atoms with Gasteiger partial charge in [0.15, 0.2) is 0 Å². The highest BCUT2D eigenvalue weighted by Crippen LogP contribution is 2.45. The molecule has 0 amide bonds. The van der Waals surface area contributed by atoms with Crippen molar-refractivity contribution in [2.24, 2.45) is 0 Å². The molecule has 5 rings (SSSR count). The van der Waals surface area contributed by atoms with E-state index in [0.29, 0.717) is 24.7 Å². The van der Waals surface area contributed by atoms with Crippen LogP contribution in [0.25, 0.3) is 10.9 Å². The number of aromatic nitrogens is 5. The molecule has 1 saturated heterocycles. The van der Waals surface area contributed by atoms with Crippen LogP contribution in [0.4, 0.5) is 14.6 Å². The maximum atomic E-state index is 13.7. The van der Waals surface area contributed by atoms with E-state index in [-0.39, 0.29) is 13.0 Å². The summed E-state index contributed by atoms with van der Waals surface area (Å²) in [5.74, 6) is -1.70. The van der Waals surface area contributed by atoms with Crippen molar-refractivity contribution in [2.75, 3.05) is 18.0 Å². The fraction of sp³-hybridized carbons (Fsp3) is 0.529. The van der Waals surface area contributed by atoms with Crippen molar-refractivity contribution in [3.05, 3.63) is 28.8 Å². The summed E-state index contributed by atoms with van der Waals surface area (Å²) in [6.45, 7) is 1.85. The summed E-state index contributed by atoms with van der Waals surface area (Å²) in [6, 6.07) is 0. The van der Waals surface area contributed by atoms with Gasteiger partial charge in [0.2, 0.25) is 0 Å². The normalized spacial score (nSPS) is 19.6. The molecule has 2 aliphatic rings. The lowest BCUT2D eigenvalue weighted by atomic mass is 10.0. The van der Waals surface area contributed by atoms with Crippen LogP contribution in [-0.4, -0.2) is 44.5 Å². The zero-order chi connectivity index (χ0) is 17.9. The summed E-state index contributed by atoms with van der Waals surface area (Å²) < 4.78 is 32.3. The Balaban J connectivity index is 1.64. The molecule has 3 aromatic heterocycles. The molecule has 1 aliphatic carbocycles. The van der Waals surface area contributed by atoms with Crippen molar-refractivity contribution in [1.29, 1.82) is 0 Å². The van der Waals surface area contributed by atoms with Gasteiger partial charge in [-0.25, -0.2) is 18.4 Å². The van der Waals surface area contributed by atoms with E-state index < -0.39 is 5.92 Å². The summed E-state index contributed by atoms with van der Waals surface area (Å²) in [5.41, 5.74) is 4.30. The Hall–Kier alpha value is -2.58. The van der Waals surface area contributed by atoms with E-state index in [1.165, 1.54) is 0 Å². The van der Waals surface area contributed by atoms with Crippen molar-refractivity contribution < 1.29 is 13.4 Å². The smallest absolute Gasteiger partial charge is 0.266 e. The van der Waals surface area contributed by atoms with Gasteiger partial charge >= 0.3 is 0 Å². The maximum Gasteiger partial charge on any atom is 0.266 e. The lowest BCUT2D eigenvalue weighted by molar-refractivity contribution is 0.0257. The van der Waals surface area contributed by atoms with Crippen molar-refractivity contribution in [3.8, 4) is 0 Å². The monoisotopic (exact) mass is 360 g/mol. The van der Waals surface area contributed by atoms with Gasteiger partial charge in [-0.15, -0.1) is 0 Å². The third-order valence-electron chi connectivity index (χ3n) is 5.24. The fourth-order valence-corrected chi connectivity index (χ4v) is 3.66. The minimum atomic E-state index is -2.67. The van der Waals surface area contributed by atoms with Gasteiger partial charge in [0.1, 0.15) is 17.2 Å². The van der Waals surface area contributed by atoms with E-state index in [4.69, 9.17) is 9.61 Å². The van der Waals surface area contributed by atoms with E-state index >= 15 is 0 Å². The number of rotatable bonds is 4. The number of anilines is 1. The van der Waals surface area contributed by atoms with Gasteiger partial charge in [0, 0.05) is 30.9 Å². The second-order valence-electron chi connectivity index (χ2n) is 7.23. The SMILES string of the molecule is Cc1nonc1Cc1c(C2CC2)nc(N2CCC(F)(F)C2)c2cn[nH]c12. The molecule has 26 heavy (non-hydrogen) atoms. The molecule has 1 aliphatic heterocycles. The number of hydrogen-bond donors (Lipinski definition) is 1. The third-order valence-corrected chi connectivity index (χ3v) is 5.24. The minimum absolute atomic E-state index is 0.141. The first kappa shape index (κ1) is 15.7. The molecule has 3 aromatic rings. The number of H-pyrrole nitrogens is 1. The van der Waals surface area contributed by atoms with E-state index in [0.717, 1.165) is 46.4 Å². The average molecular weight is 360 g/mol. The molecule has 0 radical (unpaired) electrons. The highest BCUT2D eigenvalue weighted by atomic mass is 19.3. The second kappa shape index (κ2) is 5.46. The van der Waals surface area contributed by atoms with Crippen LogP contribution in [0.15, 0.2) is 10.8 Å². The van der Waals surface area contributed by atoms with Crippen molar-refractivity contribution >= 4 is 16.7 Å². The van der Waals surface area contributed by atoms with E-state index in [9.17, 15) is 8.78 Å². The predicted octanol–water partition coefficient (Wildman–Crippen LogP) is 2.96. The number of hydrogen-bond acceptors (Lipinski definition) is 6. The van der Waals surface area contributed by atoms with Gasteiger partial charge < -0.3 is 4.90 Å². The average Bonchev–Trinajstić information content (AvgIpc) is 2.99. The van der Waals surface area contributed by atoms with Crippen LogP contribution in [0.5, 0.6) is 0 Å². The Bertz CT molecular complexity index is 977. The zero-order valence-corrected chi connectivity index (χ0v) is 14.3. The summed E-state index contributed by atoms with van der Waals surface area (Å²) in [7, 11) is 0. The fourth-order valence-electron chi connectivity index (χ4n) is 3.66. The first-order valence-corrected chi connectivity index (χ1v) is 8.78. The van der Waals surface area contributed by atoms with Crippen molar-refractivity contribution in [2.45, 2.75) is 44.4 Å². The largest absolute Gasteiger partial charge is 0.350 e. The Kier molecular flexibility index (Phi) is 3.29. The van der Waals surface area contributed by atoms with Crippen molar-refractivity contribution in [1.82, 2.24) is 25.5 Å². The lowest BCUT2D eigenvalue weighted by Crippen LogP contribution is -2.26. The number of aryl methyl sites for hydroxylation is 1. The second-order valence-corrected chi connectivity index (χ2v) is 7.23. The van der Waals surface area contributed by atoms with Crippen LogP contribution >= 0.6 is 0 Å². The minimum Gasteiger partial charge on any atom is -0.350 e. The van der Waals surface area contributed by atoms with E-state index in [1.54, 1.807) is 11.1 Å². The van der Waals surface area contributed by atoms with Gasteiger partial charge in [-0.3, -0.25) is 5.10 Å². The molecular weight excluding hydrogens is 342 g/mol. The highest BCUT2D eigenvalue weighted by Gasteiger charge is 2.40. The molecule has 0 bridgehead atoms.